The number of carbonyl (C=O) groups excluding carboxylic acids is 1. The molecular weight excluding hydrogens is 266 g/mol. The Hall–Kier alpha value is -2.56. The van der Waals surface area contributed by atoms with Crippen LogP contribution in [0.2, 0.25) is 0 Å². The molecule has 0 aliphatic heterocycles. The summed E-state index contributed by atoms with van der Waals surface area (Å²) in [6.45, 7) is 5.65. The van der Waals surface area contributed by atoms with Gasteiger partial charge in [0, 0.05) is 5.69 Å². The molecule has 1 unspecified atom stereocenters. The highest BCUT2D eigenvalue weighted by Crippen LogP contribution is 2.10. The number of aryl methyl sites for hydroxylation is 2. The van der Waals surface area contributed by atoms with Crippen LogP contribution in [0, 0.1) is 13.8 Å². The van der Waals surface area contributed by atoms with Gasteiger partial charge in [0.05, 0.1) is 6.21 Å². The van der Waals surface area contributed by atoms with Crippen molar-refractivity contribution in [2.75, 3.05) is 5.32 Å². The molecule has 0 saturated heterocycles. The molecule has 2 rings (SSSR count). The Kier molecular flexibility index (Phi) is 4.77. The normalized spacial score (nSPS) is 12.3. The van der Waals surface area contributed by atoms with Gasteiger partial charge < -0.3 is 9.73 Å². The summed E-state index contributed by atoms with van der Waals surface area (Å²) in [5, 5.41) is 6.99. The lowest BCUT2D eigenvalue weighted by Gasteiger charge is -2.13. The predicted octanol–water partition coefficient (Wildman–Crippen LogP) is 2.85. The van der Waals surface area contributed by atoms with Crippen LogP contribution in [0.4, 0.5) is 5.69 Å². The first kappa shape index (κ1) is 14.8. The van der Waals surface area contributed by atoms with Crippen molar-refractivity contribution in [1.82, 2.24) is 5.43 Å². The Bertz CT molecular complexity index is 629. The average molecular weight is 285 g/mol. The number of hydrogen-bond acceptors (Lipinski definition) is 4. The van der Waals surface area contributed by atoms with Gasteiger partial charge in [0.15, 0.2) is 0 Å². The molecule has 0 aliphatic carbocycles. The average Bonchev–Trinajstić information content (AvgIpc) is 2.87. The summed E-state index contributed by atoms with van der Waals surface area (Å²) in [7, 11) is 0. The standard InChI is InChI=1S/C16H19N3O2/c1-11-4-7-14(8-5-11)18-13(3)16(20)19-17-10-15-9-6-12(2)21-15/h4-10,13,18H,1-3H3,(H,19,20)/b17-10+. The van der Waals surface area contributed by atoms with Crippen LogP contribution in [0.3, 0.4) is 0 Å². The molecule has 2 aromatic rings. The molecule has 0 aliphatic rings. The van der Waals surface area contributed by atoms with Crippen LogP contribution in [0.15, 0.2) is 45.9 Å². The maximum Gasteiger partial charge on any atom is 0.262 e. The second-order valence-corrected chi connectivity index (χ2v) is 4.91. The van der Waals surface area contributed by atoms with Gasteiger partial charge in [-0.25, -0.2) is 5.43 Å². The van der Waals surface area contributed by atoms with Crippen LogP contribution in [0.25, 0.3) is 0 Å². The molecule has 0 bridgehead atoms. The lowest BCUT2D eigenvalue weighted by Crippen LogP contribution is -2.34. The highest BCUT2D eigenvalue weighted by molar-refractivity contribution is 5.85. The van der Waals surface area contributed by atoms with Crippen LogP contribution >= 0.6 is 0 Å². The molecule has 1 amide bonds. The summed E-state index contributed by atoms with van der Waals surface area (Å²) in [6.07, 6.45) is 1.48. The first-order valence-electron chi connectivity index (χ1n) is 6.77. The Balaban J connectivity index is 1.85. The molecule has 2 N–H and O–H groups in total. The number of hydrogen-bond donors (Lipinski definition) is 2. The summed E-state index contributed by atoms with van der Waals surface area (Å²) >= 11 is 0. The van der Waals surface area contributed by atoms with Crippen molar-refractivity contribution in [3.8, 4) is 0 Å². The molecule has 0 saturated carbocycles. The van der Waals surface area contributed by atoms with E-state index < -0.39 is 0 Å². The third-order valence-electron chi connectivity index (χ3n) is 2.96. The van der Waals surface area contributed by atoms with E-state index in [2.05, 4.69) is 15.8 Å². The Morgan fingerprint density at radius 2 is 1.90 bits per heavy atom. The smallest absolute Gasteiger partial charge is 0.262 e. The maximum atomic E-state index is 11.9. The van der Waals surface area contributed by atoms with Gasteiger partial charge in [-0.05, 0) is 45.0 Å². The number of benzene rings is 1. The molecule has 1 atom stereocenters. The van der Waals surface area contributed by atoms with Gasteiger partial charge >= 0.3 is 0 Å². The van der Waals surface area contributed by atoms with E-state index in [1.54, 1.807) is 13.0 Å². The quantitative estimate of drug-likeness (QED) is 0.655. The van der Waals surface area contributed by atoms with Gasteiger partial charge in [0.2, 0.25) is 0 Å². The second-order valence-electron chi connectivity index (χ2n) is 4.91. The van der Waals surface area contributed by atoms with E-state index in [0.717, 1.165) is 11.4 Å². The van der Waals surface area contributed by atoms with Crippen LogP contribution in [0.5, 0.6) is 0 Å². The number of carbonyl (C=O) groups is 1. The zero-order chi connectivity index (χ0) is 15.2. The third-order valence-corrected chi connectivity index (χ3v) is 2.96. The van der Waals surface area contributed by atoms with E-state index in [0.29, 0.717) is 5.76 Å². The molecule has 5 nitrogen and oxygen atoms in total. The molecule has 0 spiro atoms. The van der Waals surface area contributed by atoms with Crippen LogP contribution in [0.1, 0.15) is 24.0 Å². The van der Waals surface area contributed by atoms with E-state index >= 15 is 0 Å². The van der Waals surface area contributed by atoms with E-state index in [4.69, 9.17) is 4.42 Å². The Labute approximate surface area is 124 Å². The maximum absolute atomic E-state index is 11.9. The van der Waals surface area contributed by atoms with E-state index in [9.17, 15) is 4.79 Å². The summed E-state index contributed by atoms with van der Waals surface area (Å²) in [5.41, 5.74) is 4.55. The van der Waals surface area contributed by atoms with Crippen molar-refractivity contribution in [2.45, 2.75) is 26.8 Å². The van der Waals surface area contributed by atoms with Crippen molar-refractivity contribution < 1.29 is 9.21 Å². The molecule has 0 radical (unpaired) electrons. The van der Waals surface area contributed by atoms with Crippen molar-refractivity contribution in [3.63, 3.8) is 0 Å². The van der Waals surface area contributed by atoms with Gasteiger partial charge in [-0.15, -0.1) is 0 Å². The zero-order valence-corrected chi connectivity index (χ0v) is 12.4. The molecule has 1 aromatic heterocycles. The van der Waals surface area contributed by atoms with Crippen molar-refractivity contribution in [3.05, 3.63) is 53.5 Å². The van der Waals surface area contributed by atoms with E-state index in [1.165, 1.54) is 11.8 Å². The lowest BCUT2D eigenvalue weighted by atomic mass is 10.2. The predicted molar refractivity (Wildman–Crippen MR) is 83.4 cm³/mol. The lowest BCUT2D eigenvalue weighted by molar-refractivity contribution is -0.121. The van der Waals surface area contributed by atoms with Gasteiger partial charge in [-0.3, -0.25) is 4.79 Å². The molecule has 110 valence electrons. The molecule has 21 heavy (non-hydrogen) atoms. The molecule has 5 heteroatoms. The summed E-state index contributed by atoms with van der Waals surface area (Å²) < 4.78 is 5.32. The number of nitrogens with zero attached hydrogens (tertiary/aromatic N) is 1. The van der Waals surface area contributed by atoms with Gasteiger partial charge in [0.1, 0.15) is 17.6 Å². The molecule has 1 heterocycles. The van der Waals surface area contributed by atoms with Crippen molar-refractivity contribution in [1.29, 1.82) is 0 Å². The summed E-state index contributed by atoms with van der Waals surface area (Å²) in [5.74, 6) is 1.19. The largest absolute Gasteiger partial charge is 0.460 e. The monoisotopic (exact) mass is 285 g/mol. The molecule has 0 fully saturated rings. The minimum Gasteiger partial charge on any atom is -0.460 e. The number of amides is 1. The van der Waals surface area contributed by atoms with Crippen LogP contribution in [-0.2, 0) is 4.79 Å². The summed E-state index contributed by atoms with van der Waals surface area (Å²) in [4.78, 5) is 11.9. The SMILES string of the molecule is Cc1ccc(NC(C)C(=O)N/N=C/c2ccc(C)o2)cc1. The van der Waals surface area contributed by atoms with Crippen molar-refractivity contribution in [2.24, 2.45) is 5.10 Å². The fourth-order valence-corrected chi connectivity index (χ4v) is 1.74. The van der Waals surface area contributed by atoms with Crippen LogP contribution in [-0.4, -0.2) is 18.2 Å². The Morgan fingerprint density at radius 1 is 1.19 bits per heavy atom. The molecular formula is C16H19N3O2. The number of furan rings is 1. The van der Waals surface area contributed by atoms with Crippen molar-refractivity contribution >= 4 is 17.8 Å². The number of nitrogens with one attached hydrogen (secondary N) is 2. The first-order chi connectivity index (χ1) is 10.0. The number of rotatable bonds is 5. The fourth-order valence-electron chi connectivity index (χ4n) is 1.74. The zero-order valence-electron chi connectivity index (χ0n) is 12.4. The van der Waals surface area contributed by atoms with Gasteiger partial charge in [0.25, 0.3) is 5.91 Å². The first-order valence-corrected chi connectivity index (χ1v) is 6.77. The minimum atomic E-state index is -0.386. The highest BCUT2D eigenvalue weighted by atomic mass is 16.3. The number of hydrazone groups is 1. The van der Waals surface area contributed by atoms with E-state index in [-0.39, 0.29) is 11.9 Å². The topological polar surface area (TPSA) is 66.6 Å². The molecule has 1 aromatic carbocycles. The summed E-state index contributed by atoms with van der Waals surface area (Å²) in [6, 6.07) is 11.1. The third kappa shape index (κ3) is 4.49. The van der Waals surface area contributed by atoms with E-state index in [1.807, 2.05) is 44.2 Å². The second kappa shape index (κ2) is 6.74. The number of anilines is 1. The fraction of sp³-hybridized carbons (Fsp3) is 0.250. The van der Waals surface area contributed by atoms with Crippen LogP contribution < -0.4 is 10.7 Å². The highest BCUT2D eigenvalue weighted by Gasteiger charge is 2.11. The van der Waals surface area contributed by atoms with Gasteiger partial charge in [-0.2, -0.15) is 5.10 Å². The van der Waals surface area contributed by atoms with Gasteiger partial charge in [-0.1, -0.05) is 17.7 Å². The minimum absolute atomic E-state index is 0.213. The Morgan fingerprint density at radius 3 is 2.52 bits per heavy atom.